The van der Waals surface area contributed by atoms with Crippen LogP contribution in [-0.2, 0) is 9.53 Å². The number of nitrogens with zero attached hydrogens (tertiary/aromatic N) is 4. The van der Waals surface area contributed by atoms with Crippen LogP contribution >= 0.6 is 0 Å². The number of hydrogen-bond donors (Lipinski definition) is 1. The number of rotatable bonds is 5. The summed E-state index contributed by atoms with van der Waals surface area (Å²) in [7, 11) is 0. The number of carbonyl (C=O) groups excluding carboxylic acids is 2. The van der Waals surface area contributed by atoms with Crippen LogP contribution in [0, 0.1) is 16.7 Å². The summed E-state index contributed by atoms with van der Waals surface area (Å²) in [6, 6.07) is 5.03. The molecule has 0 saturated heterocycles. The molecule has 0 radical (unpaired) electrons. The van der Waals surface area contributed by atoms with E-state index in [9.17, 15) is 9.59 Å². The van der Waals surface area contributed by atoms with Crippen LogP contribution in [0.5, 0.6) is 0 Å². The summed E-state index contributed by atoms with van der Waals surface area (Å²) in [6.45, 7) is 6.40. The van der Waals surface area contributed by atoms with Crippen molar-refractivity contribution >= 4 is 17.6 Å². The van der Waals surface area contributed by atoms with Crippen molar-refractivity contribution in [3.63, 3.8) is 0 Å². The molecule has 0 aliphatic heterocycles. The molecule has 2 saturated carbocycles. The Labute approximate surface area is 169 Å². The Hall–Kier alpha value is -3.03. The van der Waals surface area contributed by atoms with Crippen molar-refractivity contribution in [1.29, 1.82) is 0 Å². The average Bonchev–Trinajstić information content (AvgIpc) is 3.37. The number of pyridine rings is 1. The summed E-state index contributed by atoms with van der Waals surface area (Å²) in [5.41, 5.74) is 4.07. The molecule has 1 N–H and O–H groups in total. The molecule has 1 amide bonds. The highest BCUT2D eigenvalue weighted by molar-refractivity contribution is 5.95. The van der Waals surface area contributed by atoms with E-state index in [1.165, 1.54) is 12.6 Å². The van der Waals surface area contributed by atoms with Gasteiger partial charge in [0.05, 0.1) is 5.56 Å². The standard InChI is InChI=1S/C21H25N5O3/c1-20(2)15-7-8-21(20,3)16(11-15)24-25-18(27)13-29-19(28)14-5-6-17(22-12-14)26-10-4-9-23-26/h4-6,9-10,12,15H,7-8,11,13H2,1-3H3,(H,25,27)/b24-16-. The van der Waals surface area contributed by atoms with Crippen LogP contribution in [0.4, 0.5) is 0 Å². The number of ether oxygens (including phenoxy) is 1. The number of carbonyl (C=O) groups is 2. The van der Waals surface area contributed by atoms with E-state index in [1.807, 2.05) is 0 Å². The molecule has 152 valence electrons. The smallest absolute Gasteiger partial charge is 0.340 e. The van der Waals surface area contributed by atoms with Crippen LogP contribution in [0.3, 0.4) is 0 Å². The van der Waals surface area contributed by atoms with Crippen LogP contribution in [0.15, 0.2) is 41.9 Å². The SMILES string of the molecule is CC12CCC(C/C1=N/NC(=O)COC(=O)c1ccc(-n3cccn3)nc1)C2(C)C. The second-order valence-electron chi connectivity index (χ2n) is 8.52. The van der Waals surface area contributed by atoms with Gasteiger partial charge in [0.1, 0.15) is 0 Å². The van der Waals surface area contributed by atoms with Gasteiger partial charge in [-0.1, -0.05) is 20.8 Å². The molecule has 2 bridgehead atoms. The molecular weight excluding hydrogens is 370 g/mol. The van der Waals surface area contributed by atoms with Gasteiger partial charge < -0.3 is 4.74 Å². The normalized spacial score (nSPS) is 25.9. The van der Waals surface area contributed by atoms with Gasteiger partial charge in [0.2, 0.25) is 0 Å². The van der Waals surface area contributed by atoms with E-state index in [4.69, 9.17) is 4.74 Å². The van der Waals surface area contributed by atoms with Crippen LogP contribution in [0.2, 0.25) is 0 Å². The fraction of sp³-hybridized carbons (Fsp3) is 0.476. The third kappa shape index (κ3) is 3.32. The summed E-state index contributed by atoms with van der Waals surface area (Å²) < 4.78 is 6.66. The summed E-state index contributed by atoms with van der Waals surface area (Å²) in [4.78, 5) is 28.4. The number of amides is 1. The van der Waals surface area contributed by atoms with Gasteiger partial charge in [0.25, 0.3) is 5.91 Å². The molecule has 2 aromatic rings. The predicted octanol–water partition coefficient (Wildman–Crippen LogP) is 2.74. The Bertz CT molecular complexity index is 949. The van der Waals surface area contributed by atoms with Crippen molar-refractivity contribution in [2.75, 3.05) is 6.61 Å². The maximum atomic E-state index is 12.1. The van der Waals surface area contributed by atoms with Crippen molar-refractivity contribution in [2.45, 2.75) is 40.0 Å². The molecule has 2 atom stereocenters. The summed E-state index contributed by atoms with van der Waals surface area (Å²) in [5, 5.41) is 8.44. The van der Waals surface area contributed by atoms with Gasteiger partial charge >= 0.3 is 5.97 Å². The number of esters is 1. The Balaban J connectivity index is 1.30. The van der Waals surface area contributed by atoms with E-state index in [1.54, 1.807) is 35.3 Å². The van der Waals surface area contributed by atoms with Gasteiger partial charge in [0, 0.05) is 29.7 Å². The molecule has 8 nitrogen and oxygen atoms in total. The molecule has 4 rings (SSSR count). The Morgan fingerprint density at radius 2 is 2.17 bits per heavy atom. The van der Waals surface area contributed by atoms with Gasteiger partial charge in [-0.2, -0.15) is 10.2 Å². The van der Waals surface area contributed by atoms with Gasteiger partial charge in [-0.3, -0.25) is 4.79 Å². The first kappa shape index (κ1) is 19.3. The molecular formula is C21H25N5O3. The summed E-state index contributed by atoms with van der Waals surface area (Å²) >= 11 is 0. The highest BCUT2D eigenvalue weighted by Crippen LogP contribution is 2.63. The molecule has 29 heavy (non-hydrogen) atoms. The number of aromatic nitrogens is 3. The Morgan fingerprint density at radius 3 is 2.76 bits per heavy atom. The lowest BCUT2D eigenvalue weighted by Gasteiger charge is -2.34. The summed E-state index contributed by atoms with van der Waals surface area (Å²) in [5.74, 6) is 0.136. The lowest BCUT2D eigenvalue weighted by Crippen LogP contribution is -2.34. The Kier molecular flexibility index (Phi) is 4.72. The molecule has 2 unspecified atom stereocenters. The molecule has 8 heteroatoms. The van der Waals surface area contributed by atoms with Crippen LogP contribution < -0.4 is 5.43 Å². The quantitative estimate of drug-likeness (QED) is 0.620. The lowest BCUT2D eigenvalue weighted by molar-refractivity contribution is -0.124. The molecule has 0 spiro atoms. The highest BCUT2D eigenvalue weighted by atomic mass is 16.5. The number of nitrogens with one attached hydrogen (secondary N) is 1. The minimum absolute atomic E-state index is 0.0175. The van der Waals surface area contributed by atoms with E-state index in [0.29, 0.717) is 11.7 Å². The van der Waals surface area contributed by atoms with E-state index in [0.717, 1.165) is 18.6 Å². The minimum Gasteiger partial charge on any atom is -0.452 e. The maximum absolute atomic E-state index is 12.1. The first-order chi connectivity index (χ1) is 13.8. The topological polar surface area (TPSA) is 98.5 Å². The number of hydrogen-bond acceptors (Lipinski definition) is 6. The van der Waals surface area contributed by atoms with Crippen molar-refractivity contribution in [1.82, 2.24) is 20.2 Å². The van der Waals surface area contributed by atoms with Crippen LogP contribution in [-0.4, -0.2) is 39.0 Å². The molecule has 2 heterocycles. The fourth-order valence-electron chi connectivity index (χ4n) is 4.52. The second kappa shape index (κ2) is 7.09. The van der Waals surface area contributed by atoms with Crippen LogP contribution in [0.25, 0.3) is 5.82 Å². The first-order valence-corrected chi connectivity index (χ1v) is 9.80. The van der Waals surface area contributed by atoms with Gasteiger partial charge in [-0.15, -0.1) is 0 Å². The molecule has 2 aromatic heterocycles. The average molecular weight is 395 g/mol. The third-order valence-electron chi connectivity index (χ3n) is 6.88. The minimum atomic E-state index is -0.611. The summed E-state index contributed by atoms with van der Waals surface area (Å²) in [6.07, 6.45) is 8.01. The van der Waals surface area contributed by atoms with Gasteiger partial charge in [0.15, 0.2) is 12.4 Å². The van der Waals surface area contributed by atoms with Gasteiger partial charge in [-0.05, 0) is 48.8 Å². The zero-order valence-electron chi connectivity index (χ0n) is 16.9. The van der Waals surface area contributed by atoms with Crippen LogP contribution in [0.1, 0.15) is 50.4 Å². The third-order valence-corrected chi connectivity index (χ3v) is 6.88. The zero-order chi connectivity index (χ0) is 20.6. The van der Waals surface area contributed by atoms with Crippen molar-refractivity contribution in [3.8, 4) is 5.82 Å². The van der Waals surface area contributed by atoms with Crippen molar-refractivity contribution in [2.24, 2.45) is 21.8 Å². The monoisotopic (exact) mass is 395 g/mol. The fourth-order valence-corrected chi connectivity index (χ4v) is 4.52. The zero-order valence-corrected chi connectivity index (χ0v) is 16.9. The number of fused-ring (bicyclic) bond motifs is 2. The molecule has 2 aliphatic carbocycles. The second-order valence-corrected chi connectivity index (χ2v) is 8.52. The van der Waals surface area contributed by atoms with E-state index < -0.39 is 11.9 Å². The van der Waals surface area contributed by atoms with Gasteiger partial charge in [-0.25, -0.2) is 19.9 Å². The van der Waals surface area contributed by atoms with E-state index >= 15 is 0 Å². The maximum Gasteiger partial charge on any atom is 0.340 e. The largest absolute Gasteiger partial charge is 0.452 e. The van der Waals surface area contributed by atoms with Crippen molar-refractivity contribution < 1.29 is 14.3 Å². The highest BCUT2D eigenvalue weighted by Gasteiger charge is 2.60. The Morgan fingerprint density at radius 1 is 1.34 bits per heavy atom. The van der Waals surface area contributed by atoms with Crippen molar-refractivity contribution in [3.05, 3.63) is 42.4 Å². The predicted molar refractivity (Wildman–Crippen MR) is 106 cm³/mol. The first-order valence-electron chi connectivity index (χ1n) is 9.80. The van der Waals surface area contributed by atoms with E-state index in [-0.39, 0.29) is 23.0 Å². The molecule has 0 aromatic carbocycles. The molecule has 2 aliphatic rings. The lowest BCUT2D eigenvalue weighted by atomic mass is 9.70. The van der Waals surface area contributed by atoms with E-state index in [2.05, 4.69) is 41.4 Å². The number of hydrazone groups is 1. The molecule has 2 fully saturated rings.